The Hall–Kier alpha value is -1.26. The van der Waals surface area contributed by atoms with E-state index < -0.39 is 17.0 Å². The van der Waals surface area contributed by atoms with Crippen molar-refractivity contribution in [3.63, 3.8) is 0 Å². The Morgan fingerprint density at radius 2 is 1.55 bits per heavy atom. The zero-order chi connectivity index (χ0) is 30.7. The lowest BCUT2D eigenvalue weighted by molar-refractivity contribution is -0.208. The van der Waals surface area contributed by atoms with Gasteiger partial charge in [0.05, 0.1) is 25.4 Å². The molecule has 1 spiro atoms. The molecule has 2 saturated heterocycles. The van der Waals surface area contributed by atoms with Gasteiger partial charge < -0.3 is 29.2 Å². The summed E-state index contributed by atoms with van der Waals surface area (Å²) < 4.78 is 24.3. The summed E-state index contributed by atoms with van der Waals surface area (Å²) in [5.41, 5.74) is 2.36. The summed E-state index contributed by atoms with van der Waals surface area (Å²) in [6, 6.07) is 18.5. The van der Waals surface area contributed by atoms with Crippen molar-refractivity contribution in [2.75, 3.05) is 19.8 Å². The van der Waals surface area contributed by atoms with Gasteiger partial charge in [0, 0.05) is 36.2 Å². The third-order valence-corrected chi connectivity index (χ3v) is 12.3. The van der Waals surface area contributed by atoms with Crippen molar-refractivity contribution in [3.05, 3.63) is 76.9 Å². The number of fused-ring (bicyclic) bond motifs is 4. The van der Waals surface area contributed by atoms with Gasteiger partial charge in [-0.05, 0) is 98.6 Å². The fourth-order valence-electron chi connectivity index (χ4n) is 9.95. The van der Waals surface area contributed by atoms with E-state index in [0.717, 1.165) is 69.3 Å². The first kappa shape index (κ1) is 40.5. The molecule has 0 radical (unpaired) electrons. The molecule has 6 aliphatic rings. The van der Waals surface area contributed by atoms with Gasteiger partial charge >= 0.3 is 0 Å². The number of benzene rings is 2. The molecule has 2 aliphatic heterocycles. The summed E-state index contributed by atoms with van der Waals surface area (Å²) in [6.07, 6.45) is 8.98. The molecule has 0 aromatic heterocycles. The fraction of sp³-hybridized carbons (Fsp3) is 0.590. The Bertz CT molecular complexity index is 1510. The van der Waals surface area contributed by atoms with Gasteiger partial charge in [-0.25, -0.2) is 0 Å². The molecule has 2 aromatic carbocycles. The minimum Gasteiger partial charge on any atom is -0.465 e. The molecule has 0 amide bonds. The lowest BCUT2D eigenvalue weighted by Gasteiger charge is -2.57. The van der Waals surface area contributed by atoms with Crippen LogP contribution in [0.3, 0.4) is 0 Å². The number of rotatable bonds is 3. The maximum atomic E-state index is 12.4. The SMILES string of the molecule is C[C@]12C[C@H](c3ccc(OC4CCCCO4)cc3)C3=C4CCC5(C[C@]4(O)CC[C@H]3[C@@H]1CC[C@@]2(O)C#Cc1ccccc1)OCCO5.S.S.S.S. The zero-order valence-corrected chi connectivity index (χ0v) is 32.4. The quantitative estimate of drug-likeness (QED) is 0.258. The van der Waals surface area contributed by atoms with E-state index in [0.29, 0.717) is 44.3 Å². The van der Waals surface area contributed by atoms with Crippen molar-refractivity contribution in [2.24, 2.45) is 17.3 Å². The average molecular weight is 747 g/mol. The molecule has 6 nitrogen and oxygen atoms in total. The topological polar surface area (TPSA) is 77.4 Å². The maximum Gasteiger partial charge on any atom is 0.199 e. The van der Waals surface area contributed by atoms with Gasteiger partial charge in [0.2, 0.25) is 0 Å². The lowest BCUT2D eigenvalue weighted by atomic mass is 9.49. The van der Waals surface area contributed by atoms with Crippen LogP contribution in [0.5, 0.6) is 5.75 Å². The molecule has 7 atom stereocenters. The van der Waals surface area contributed by atoms with Crippen LogP contribution in [0.1, 0.15) is 94.6 Å². The third-order valence-electron chi connectivity index (χ3n) is 12.3. The number of hydrogen-bond acceptors (Lipinski definition) is 6. The van der Waals surface area contributed by atoms with Crippen molar-refractivity contribution in [2.45, 2.75) is 107 Å². The summed E-state index contributed by atoms with van der Waals surface area (Å²) in [4.78, 5) is 0. The fourth-order valence-corrected chi connectivity index (χ4v) is 9.95. The Labute approximate surface area is 319 Å². The van der Waals surface area contributed by atoms with Gasteiger partial charge in [-0.2, -0.15) is 54.0 Å². The van der Waals surface area contributed by atoms with E-state index in [1.807, 2.05) is 30.3 Å². The van der Waals surface area contributed by atoms with Crippen LogP contribution >= 0.6 is 54.0 Å². The van der Waals surface area contributed by atoms with Gasteiger partial charge in [-0.1, -0.05) is 54.7 Å². The predicted molar refractivity (Wildman–Crippen MR) is 212 cm³/mol. The monoisotopic (exact) mass is 746 g/mol. The maximum absolute atomic E-state index is 12.4. The smallest absolute Gasteiger partial charge is 0.199 e. The molecule has 0 bridgehead atoms. The molecule has 2 N–H and O–H groups in total. The predicted octanol–water partition coefficient (Wildman–Crippen LogP) is 7.09. The molecule has 4 aliphatic carbocycles. The van der Waals surface area contributed by atoms with Gasteiger partial charge in [-0.15, -0.1) is 0 Å². The number of ether oxygens (including phenoxy) is 4. The highest BCUT2D eigenvalue weighted by Crippen LogP contribution is 2.68. The van der Waals surface area contributed by atoms with Gasteiger partial charge in [-0.3, -0.25) is 0 Å². The van der Waals surface area contributed by atoms with Crippen molar-refractivity contribution in [1.29, 1.82) is 0 Å². The highest BCUT2D eigenvalue weighted by Gasteiger charge is 2.64. The van der Waals surface area contributed by atoms with Gasteiger partial charge in [0.15, 0.2) is 12.1 Å². The molecular weight excluding hydrogens is 693 g/mol. The second-order valence-corrected chi connectivity index (χ2v) is 14.7. The van der Waals surface area contributed by atoms with Crippen molar-refractivity contribution >= 4 is 54.0 Å². The van der Waals surface area contributed by atoms with Crippen molar-refractivity contribution in [3.8, 4) is 17.6 Å². The first-order valence-electron chi connectivity index (χ1n) is 17.2. The van der Waals surface area contributed by atoms with Crippen LogP contribution < -0.4 is 4.74 Å². The van der Waals surface area contributed by atoms with E-state index in [2.05, 4.69) is 43.0 Å². The van der Waals surface area contributed by atoms with Crippen LogP contribution in [-0.4, -0.2) is 53.3 Å². The van der Waals surface area contributed by atoms with Crippen LogP contribution in [0, 0.1) is 29.1 Å². The number of allylic oxidation sites excluding steroid dienone is 1. The Balaban J connectivity index is 0.00000135. The Morgan fingerprint density at radius 3 is 2.24 bits per heavy atom. The second kappa shape index (κ2) is 15.8. The Kier molecular flexibility index (Phi) is 13.0. The normalized spacial score (nSPS) is 35.4. The van der Waals surface area contributed by atoms with Crippen molar-refractivity contribution < 1.29 is 29.2 Å². The number of aliphatic hydroxyl groups is 2. The van der Waals surface area contributed by atoms with E-state index in [9.17, 15) is 10.2 Å². The minimum absolute atomic E-state index is 0. The first-order chi connectivity index (χ1) is 21.8. The second-order valence-electron chi connectivity index (χ2n) is 14.7. The first-order valence-corrected chi connectivity index (χ1v) is 17.2. The molecule has 8 rings (SSSR count). The van der Waals surface area contributed by atoms with Crippen LogP contribution in [0.25, 0.3) is 0 Å². The molecule has 2 aromatic rings. The van der Waals surface area contributed by atoms with Gasteiger partial charge in [0.25, 0.3) is 0 Å². The van der Waals surface area contributed by atoms with E-state index in [1.165, 1.54) is 16.7 Å². The highest BCUT2D eigenvalue weighted by atomic mass is 32.1. The zero-order valence-electron chi connectivity index (χ0n) is 28.4. The summed E-state index contributed by atoms with van der Waals surface area (Å²) in [6.45, 7) is 4.22. The van der Waals surface area contributed by atoms with E-state index in [-0.39, 0.29) is 71.6 Å². The standard InChI is InChI=1S/C39H46O6.4H2S/c1-36-25-31(28-10-12-29(13-11-28)45-34-9-5-6-22-42-34)35-30(15-18-37(40)26-39(21-17-33(35)37)43-23-24-44-39)32(36)16-20-38(36,41)19-14-27-7-3-2-4-8-27;;;;/h2-4,7-8,10-13,30-32,34,40-41H,5-6,9,15-18,20-26H2,1H3;4*1H2/t30-,31+,32-,34?,36-,37+,38-;;;;/m0..../s1. The summed E-state index contributed by atoms with van der Waals surface area (Å²) in [5, 5.41) is 24.7. The largest absolute Gasteiger partial charge is 0.465 e. The average Bonchev–Trinajstić information content (AvgIpc) is 3.61. The van der Waals surface area contributed by atoms with Crippen LogP contribution in [0.2, 0.25) is 0 Å². The summed E-state index contributed by atoms with van der Waals surface area (Å²) >= 11 is 0. The van der Waals surface area contributed by atoms with Crippen LogP contribution in [0.4, 0.5) is 0 Å². The summed E-state index contributed by atoms with van der Waals surface area (Å²) in [7, 11) is 0. The third kappa shape index (κ3) is 7.23. The molecular formula is C39H54O6S4. The van der Waals surface area contributed by atoms with Gasteiger partial charge in [0.1, 0.15) is 11.4 Å². The molecule has 2 heterocycles. The molecule has 270 valence electrons. The van der Waals surface area contributed by atoms with Crippen molar-refractivity contribution in [1.82, 2.24) is 0 Å². The number of hydrogen-bond donors (Lipinski definition) is 2. The van der Waals surface area contributed by atoms with Crippen LogP contribution in [-0.2, 0) is 14.2 Å². The van der Waals surface area contributed by atoms with Crippen LogP contribution in [0.15, 0.2) is 65.7 Å². The van der Waals surface area contributed by atoms with E-state index >= 15 is 0 Å². The summed E-state index contributed by atoms with van der Waals surface area (Å²) in [5.74, 6) is 7.56. The molecule has 1 unspecified atom stereocenters. The van der Waals surface area contributed by atoms with E-state index in [4.69, 9.17) is 18.9 Å². The van der Waals surface area contributed by atoms with E-state index in [1.54, 1.807) is 0 Å². The molecule has 10 heteroatoms. The molecule has 49 heavy (non-hydrogen) atoms. The minimum atomic E-state index is -1.08. The lowest BCUT2D eigenvalue weighted by Crippen LogP contribution is -2.55. The highest BCUT2D eigenvalue weighted by molar-refractivity contribution is 7.59. The Morgan fingerprint density at radius 1 is 0.816 bits per heavy atom. The molecule has 5 fully saturated rings. The molecule has 3 saturated carbocycles.